The summed E-state index contributed by atoms with van der Waals surface area (Å²) in [5.41, 5.74) is 1.02. The van der Waals surface area contributed by atoms with Crippen LogP contribution < -0.4 is 5.69 Å². The number of nitrogens with zero attached hydrogens (tertiary/aromatic N) is 3. The van der Waals surface area contributed by atoms with Crippen molar-refractivity contribution in [1.29, 1.82) is 0 Å². The molecule has 0 aliphatic heterocycles. The number of aryl methyl sites for hydroxylation is 1. The van der Waals surface area contributed by atoms with E-state index in [-0.39, 0.29) is 36.8 Å². The fourth-order valence-electron chi connectivity index (χ4n) is 3.69. The summed E-state index contributed by atoms with van der Waals surface area (Å²) in [6.07, 6.45) is 0.449. The maximum Gasteiger partial charge on any atom is 0.336 e. The summed E-state index contributed by atoms with van der Waals surface area (Å²) < 4.78 is 7.70. The molecule has 1 heterocycles. The van der Waals surface area contributed by atoms with E-state index in [1.54, 1.807) is 24.3 Å². The van der Waals surface area contributed by atoms with Crippen LogP contribution in [0.2, 0.25) is 0 Å². The Balaban J connectivity index is 1.52. The first-order chi connectivity index (χ1) is 16.5. The Hall–Kier alpha value is -4.53. The minimum Gasteiger partial charge on any atom is -0.461 e. The Morgan fingerprint density at radius 3 is 2.35 bits per heavy atom. The largest absolute Gasteiger partial charge is 0.461 e. The molecule has 0 spiro atoms. The van der Waals surface area contributed by atoms with Crippen LogP contribution in [0.15, 0.2) is 83.7 Å². The van der Waals surface area contributed by atoms with Crippen LogP contribution in [0.25, 0.3) is 11.0 Å². The summed E-state index contributed by atoms with van der Waals surface area (Å²) in [5.74, 6) is -1.04. The zero-order valence-electron chi connectivity index (χ0n) is 18.1. The van der Waals surface area contributed by atoms with Gasteiger partial charge in [-0.15, -0.1) is 0 Å². The molecule has 0 saturated heterocycles. The van der Waals surface area contributed by atoms with Gasteiger partial charge in [-0.3, -0.25) is 24.3 Å². The van der Waals surface area contributed by atoms with Crippen molar-refractivity contribution in [2.75, 3.05) is 0 Å². The molecule has 0 N–H and O–H groups in total. The molecule has 0 saturated carbocycles. The first kappa shape index (κ1) is 22.7. The third-order valence-electron chi connectivity index (χ3n) is 5.35. The number of nitro benzene ring substituents is 1. The van der Waals surface area contributed by atoms with E-state index >= 15 is 0 Å². The third kappa shape index (κ3) is 4.78. The van der Waals surface area contributed by atoms with Crippen molar-refractivity contribution >= 4 is 28.6 Å². The smallest absolute Gasteiger partial charge is 0.336 e. The van der Waals surface area contributed by atoms with Gasteiger partial charge in [-0.05, 0) is 30.2 Å². The van der Waals surface area contributed by atoms with Crippen molar-refractivity contribution < 1.29 is 19.2 Å². The molecule has 34 heavy (non-hydrogen) atoms. The topological polar surface area (TPSA) is 113 Å². The zero-order valence-corrected chi connectivity index (χ0v) is 18.1. The van der Waals surface area contributed by atoms with Crippen molar-refractivity contribution in [3.05, 3.63) is 111 Å². The lowest BCUT2D eigenvalue weighted by atomic mass is 10.2. The second-order valence-electron chi connectivity index (χ2n) is 7.62. The summed E-state index contributed by atoms with van der Waals surface area (Å²) in [4.78, 5) is 48.9. The van der Waals surface area contributed by atoms with Crippen LogP contribution in [0.4, 0.5) is 5.69 Å². The van der Waals surface area contributed by atoms with Gasteiger partial charge in [0, 0.05) is 30.7 Å². The monoisotopic (exact) mass is 459 g/mol. The van der Waals surface area contributed by atoms with Gasteiger partial charge in [-0.25, -0.2) is 9.36 Å². The molecule has 4 rings (SSSR count). The fourth-order valence-corrected chi connectivity index (χ4v) is 3.69. The van der Waals surface area contributed by atoms with E-state index in [1.165, 1.54) is 22.8 Å². The molecule has 4 aromatic rings. The molecule has 0 radical (unpaired) electrons. The maximum atomic E-state index is 13.2. The number of para-hydroxylation sites is 2. The SMILES string of the molecule is O=C(CCCn1c(=O)n(C(=O)c2cccc([N+](=O)[O-])c2)c2ccccc21)OCc1ccccc1. The van der Waals surface area contributed by atoms with Crippen molar-refractivity contribution in [3.63, 3.8) is 0 Å². The lowest BCUT2D eigenvalue weighted by molar-refractivity contribution is -0.384. The van der Waals surface area contributed by atoms with Gasteiger partial charge in [0.1, 0.15) is 6.61 Å². The van der Waals surface area contributed by atoms with Gasteiger partial charge in [0.25, 0.3) is 11.6 Å². The molecule has 0 unspecified atom stereocenters. The number of carbonyl (C=O) groups excluding carboxylic acids is 2. The minimum absolute atomic E-state index is 0.0312. The Kier molecular flexibility index (Phi) is 6.63. The molecule has 0 aliphatic rings. The third-order valence-corrected chi connectivity index (χ3v) is 5.35. The summed E-state index contributed by atoms with van der Waals surface area (Å²) in [6, 6.07) is 21.4. The second kappa shape index (κ2) is 9.95. The fraction of sp³-hybridized carbons (Fsp3) is 0.160. The summed E-state index contributed by atoms with van der Waals surface area (Å²) in [6.45, 7) is 0.381. The Morgan fingerprint density at radius 2 is 1.62 bits per heavy atom. The summed E-state index contributed by atoms with van der Waals surface area (Å²) in [5, 5.41) is 11.1. The van der Waals surface area contributed by atoms with Gasteiger partial charge in [0.15, 0.2) is 0 Å². The Bertz CT molecular complexity index is 1420. The van der Waals surface area contributed by atoms with E-state index in [0.29, 0.717) is 17.5 Å². The molecule has 0 bridgehead atoms. The number of ether oxygens (including phenoxy) is 1. The number of hydrogen-bond donors (Lipinski definition) is 0. The molecule has 0 atom stereocenters. The van der Waals surface area contributed by atoms with Crippen LogP contribution in [0, 0.1) is 10.1 Å². The molecule has 0 amide bonds. The highest BCUT2D eigenvalue weighted by molar-refractivity contribution is 6.01. The molecule has 3 aromatic carbocycles. The Morgan fingerprint density at radius 1 is 0.912 bits per heavy atom. The van der Waals surface area contributed by atoms with Gasteiger partial charge < -0.3 is 4.74 Å². The lowest BCUT2D eigenvalue weighted by Crippen LogP contribution is -2.29. The number of imidazole rings is 1. The standard InChI is InChI=1S/C25H21N3O6/c29-23(34-17-18-8-2-1-3-9-18)14-7-15-26-21-12-4-5-13-22(21)27(25(26)31)24(30)19-10-6-11-20(16-19)28(32)33/h1-6,8-13,16H,7,14-15,17H2. The van der Waals surface area contributed by atoms with Gasteiger partial charge in [-0.2, -0.15) is 0 Å². The van der Waals surface area contributed by atoms with Crippen LogP contribution in [0.3, 0.4) is 0 Å². The van der Waals surface area contributed by atoms with Crippen LogP contribution >= 0.6 is 0 Å². The van der Waals surface area contributed by atoms with Gasteiger partial charge >= 0.3 is 11.7 Å². The number of carbonyl (C=O) groups is 2. The highest BCUT2D eigenvalue weighted by Crippen LogP contribution is 2.18. The number of rotatable bonds is 8. The predicted molar refractivity (Wildman–Crippen MR) is 124 cm³/mol. The average molecular weight is 459 g/mol. The second-order valence-corrected chi connectivity index (χ2v) is 7.62. The molecule has 9 heteroatoms. The molecular weight excluding hydrogens is 438 g/mol. The van der Waals surface area contributed by atoms with Gasteiger partial charge in [0.05, 0.1) is 16.0 Å². The van der Waals surface area contributed by atoms with E-state index in [1.807, 2.05) is 30.3 Å². The highest BCUT2D eigenvalue weighted by atomic mass is 16.6. The van der Waals surface area contributed by atoms with Crippen molar-refractivity contribution in [2.45, 2.75) is 26.0 Å². The molecular formula is C25H21N3O6. The van der Waals surface area contributed by atoms with Crippen LogP contribution in [0.1, 0.15) is 28.8 Å². The van der Waals surface area contributed by atoms with Gasteiger partial charge in [0.2, 0.25) is 0 Å². The molecule has 1 aromatic heterocycles. The maximum absolute atomic E-state index is 13.2. The van der Waals surface area contributed by atoms with E-state index in [9.17, 15) is 24.5 Å². The highest BCUT2D eigenvalue weighted by Gasteiger charge is 2.21. The van der Waals surface area contributed by atoms with E-state index in [4.69, 9.17) is 4.74 Å². The first-order valence-corrected chi connectivity index (χ1v) is 10.6. The molecule has 0 aliphatic carbocycles. The zero-order chi connectivity index (χ0) is 24.1. The number of esters is 1. The number of nitro groups is 1. The van der Waals surface area contributed by atoms with Crippen LogP contribution in [-0.4, -0.2) is 25.9 Å². The average Bonchev–Trinajstić information content (AvgIpc) is 3.14. The van der Waals surface area contributed by atoms with Crippen molar-refractivity contribution in [1.82, 2.24) is 9.13 Å². The van der Waals surface area contributed by atoms with E-state index in [0.717, 1.165) is 16.2 Å². The molecule has 172 valence electrons. The minimum atomic E-state index is -0.661. The van der Waals surface area contributed by atoms with E-state index in [2.05, 4.69) is 0 Å². The number of non-ortho nitro benzene ring substituents is 1. The number of hydrogen-bond acceptors (Lipinski definition) is 6. The molecule has 9 nitrogen and oxygen atoms in total. The molecule has 0 fully saturated rings. The first-order valence-electron chi connectivity index (χ1n) is 10.6. The van der Waals surface area contributed by atoms with Crippen LogP contribution in [-0.2, 0) is 22.7 Å². The predicted octanol–water partition coefficient (Wildman–Crippen LogP) is 3.92. The van der Waals surface area contributed by atoms with E-state index < -0.39 is 16.5 Å². The normalized spacial score (nSPS) is 10.8. The van der Waals surface area contributed by atoms with Gasteiger partial charge in [-0.1, -0.05) is 48.5 Å². The van der Waals surface area contributed by atoms with Crippen molar-refractivity contribution in [2.24, 2.45) is 0 Å². The summed E-state index contributed by atoms with van der Waals surface area (Å²) in [7, 11) is 0. The summed E-state index contributed by atoms with van der Waals surface area (Å²) >= 11 is 0. The number of aromatic nitrogens is 2. The van der Waals surface area contributed by atoms with Crippen LogP contribution in [0.5, 0.6) is 0 Å². The van der Waals surface area contributed by atoms with Crippen molar-refractivity contribution in [3.8, 4) is 0 Å². The lowest BCUT2D eigenvalue weighted by Gasteiger charge is -2.06. The number of fused-ring (bicyclic) bond motifs is 1. The quantitative estimate of drug-likeness (QED) is 0.224. The number of benzene rings is 3. The Labute approximate surface area is 194 Å².